The molecule has 0 saturated carbocycles. The Bertz CT molecular complexity index is 206. The maximum absolute atomic E-state index is 11.8. The maximum atomic E-state index is 11.8. The molecule has 0 aliphatic carbocycles. The number of nitrogens with one attached hydrogen (secondary N) is 1. The van der Waals surface area contributed by atoms with E-state index < -0.39 is 0 Å². The first-order chi connectivity index (χ1) is 7.74. The largest absolute Gasteiger partial charge is 0.338 e. The molecule has 16 heavy (non-hydrogen) atoms. The van der Waals surface area contributed by atoms with Gasteiger partial charge in [0.25, 0.3) is 0 Å². The Labute approximate surface area is 99.6 Å². The minimum absolute atomic E-state index is 0.142. The summed E-state index contributed by atoms with van der Waals surface area (Å²) in [6.45, 7) is 7.13. The summed E-state index contributed by atoms with van der Waals surface area (Å²) in [5.74, 6) is 0.666. The Kier molecular flexibility index (Phi) is 6.27. The van der Waals surface area contributed by atoms with Gasteiger partial charge in [-0.1, -0.05) is 33.1 Å². The fourth-order valence-electron chi connectivity index (χ4n) is 2.23. The highest BCUT2D eigenvalue weighted by Gasteiger charge is 2.20. The normalized spacial score (nSPS) is 20.9. The maximum Gasteiger partial charge on any atom is 0.317 e. The van der Waals surface area contributed by atoms with Crippen molar-refractivity contribution in [1.29, 1.82) is 0 Å². The first-order valence-electron chi connectivity index (χ1n) is 6.76. The number of carbonyl (C=O) groups is 1. The highest BCUT2D eigenvalue weighted by atomic mass is 16.2. The molecule has 1 rings (SSSR count). The summed E-state index contributed by atoms with van der Waals surface area (Å²) in [5, 5.41) is 3.02. The van der Waals surface area contributed by atoms with E-state index in [4.69, 9.17) is 0 Å². The molecule has 1 N–H and O–H groups in total. The van der Waals surface area contributed by atoms with Gasteiger partial charge < -0.3 is 10.2 Å². The molecule has 0 unspecified atom stereocenters. The fraction of sp³-hybridized carbons (Fsp3) is 0.923. The SMILES string of the molecule is CCCCCCNC(=O)N1CCC[C@H](C)C1. The summed E-state index contributed by atoms with van der Waals surface area (Å²) in [4.78, 5) is 13.8. The lowest BCUT2D eigenvalue weighted by molar-refractivity contribution is 0.169. The predicted octanol–water partition coefficient (Wildman–Crippen LogP) is 3.01. The number of carbonyl (C=O) groups excluding carboxylic acids is 1. The molecular weight excluding hydrogens is 200 g/mol. The molecular formula is C13H26N2O. The molecule has 1 atom stereocenters. The van der Waals surface area contributed by atoms with E-state index in [1.54, 1.807) is 0 Å². The molecule has 0 aromatic carbocycles. The van der Waals surface area contributed by atoms with Crippen LogP contribution in [0.5, 0.6) is 0 Å². The van der Waals surface area contributed by atoms with Gasteiger partial charge in [-0.15, -0.1) is 0 Å². The second-order valence-corrected chi connectivity index (χ2v) is 4.99. The van der Waals surface area contributed by atoms with E-state index in [1.807, 2.05) is 4.90 Å². The first kappa shape index (κ1) is 13.3. The van der Waals surface area contributed by atoms with Crippen LogP contribution in [0.2, 0.25) is 0 Å². The second-order valence-electron chi connectivity index (χ2n) is 4.99. The van der Waals surface area contributed by atoms with Crippen molar-refractivity contribution in [3.05, 3.63) is 0 Å². The number of nitrogens with zero attached hydrogens (tertiary/aromatic N) is 1. The third-order valence-corrected chi connectivity index (χ3v) is 3.25. The number of piperidine rings is 1. The van der Waals surface area contributed by atoms with Gasteiger partial charge >= 0.3 is 6.03 Å². The van der Waals surface area contributed by atoms with Crippen molar-refractivity contribution in [2.24, 2.45) is 5.92 Å². The highest BCUT2D eigenvalue weighted by molar-refractivity contribution is 5.74. The summed E-state index contributed by atoms with van der Waals surface area (Å²) in [6.07, 6.45) is 7.29. The summed E-state index contributed by atoms with van der Waals surface area (Å²) in [5.41, 5.74) is 0. The van der Waals surface area contributed by atoms with Crippen molar-refractivity contribution in [2.45, 2.75) is 52.4 Å². The zero-order chi connectivity index (χ0) is 11.8. The highest BCUT2D eigenvalue weighted by Crippen LogP contribution is 2.15. The van der Waals surface area contributed by atoms with Crippen LogP contribution in [0.15, 0.2) is 0 Å². The van der Waals surface area contributed by atoms with E-state index in [0.29, 0.717) is 5.92 Å². The van der Waals surface area contributed by atoms with Gasteiger partial charge in [0.2, 0.25) is 0 Å². The van der Waals surface area contributed by atoms with Gasteiger partial charge in [-0.2, -0.15) is 0 Å². The molecule has 0 bridgehead atoms. The van der Waals surface area contributed by atoms with Crippen molar-refractivity contribution in [3.8, 4) is 0 Å². The molecule has 1 aliphatic heterocycles. The number of hydrogen-bond donors (Lipinski definition) is 1. The molecule has 3 heteroatoms. The molecule has 2 amide bonds. The third kappa shape index (κ3) is 4.86. The van der Waals surface area contributed by atoms with Crippen molar-refractivity contribution in [2.75, 3.05) is 19.6 Å². The topological polar surface area (TPSA) is 32.3 Å². The molecule has 1 saturated heterocycles. The van der Waals surface area contributed by atoms with Gasteiger partial charge in [-0.3, -0.25) is 0 Å². The lowest BCUT2D eigenvalue weighted by Gasteiger charge is -2.30. The minimum atomic E-state index is 0.142. The zero-order valence-electron chi connectivity index (χ0n) is 10.8. The lowest BCUT2D eigenvalue weighted by atomic mass is 10.0. The monoisotopic (exact) mass is 226 g/mol. The van der Waals surface area contributed by atoms with Crippen LogP contribution in [0.1, 0.15) is 52.4 Å². The Morgan fingerprint density at radius 1 is 1.38 bits per heavy atom. The minimum Gasteiger partial charge on any atom is -0.338 e. The van der Waals surface area contributed by atoms with Crippen LogP contribution in [0.4, 0.5) is 4.79 Å². The average molecular weight is 226 g/mol. The number of hydrogen-bond acceptors (Lipinski definition) is 1. The second kappa shape index (κ2) is 7.53. The molecule has 3 nitrogen and oxygen atoms in total. The zero-order valence-corrected chi connectivity index (χ0v) is 10.8. The number of urea groups is 1. The summed E-state index contributed by atoms with van der Waals surface area (Å²) in [7, 11) is 0. The number of unbranched alkanes of at least 4 members (excludes halogenated alkanes) is 3. The van der Waals surface area contributed by atoms with Crippen LogP contribution in [-0.4, -0.2) is 30.6 Å². The van der Waals surface area contributed by atoms with E-state index in [-0.39, 0.29) is 6.03 Å². The van der Waals surface area contributed by atoms with Crippen LogP contribution in [0, 0.1) is 5.92 Å². The smallest absolute Gasteiger partial charge is 0.317 e. The summed E-state index contributed by atoms with van der Waals surface area (Å²) in [6, 6.07) is 0.142. The van der Waals surface area contributed by atoms with Gasteiger partial charge in [-0.25, -0.2) is 4.79 Å². The van der Waals surface area contributed by atoms with Crippen LogP contribution < -0.4 is 5.32 Å². The van der Waals surface area contributed by atoms with Gasteiger partial charge in [0.15, 0.2) is 0 Å². The molecule has 0 radical (unpaired) electrons. The van der Waals surface area contributed by atoms with Crippen LogP contribution in [0.25, 0.3) is 0 Å². The van der Waals surface area contributed by atoms with E-state index in [1.165, 1.54) is 25.7 Å². The fourth-order valence-corrected chi connectivity index (χ4v) is 2.23. The van der Waals surface area contributed by atoms with Gasteiger partial charge in [0.05, 0.1) is 0 Å². The molecule has 1 heterocycles. The average Bonchev–Trinajstić information content (AvgIpc) is 2.28. The third-order valence-electron chi connectivity index (χ3n) is 3.25. The first-order valence-corrected chi connectivity index (χ1v) is 6.76. The van der Waals surface area contributed by atoms with E-state index in [2.05, 4.69) is 19.2 Å². The summed E-state index contributed by atoms with van der Waals surface area (Å²) >= 11 is 0. The molecule has 94 valence electrons. The van der Waals surface area contributed by atoms with Crippen molar-refractivity contribution < 1.29 is 4.79 Å². The standard InChI is InChI=1S/C13H26N2O/c1-3-4-5-6-9-14-13(16)15-10-7-8-12(2)11-15/h12H,3-11H2,1-2H3,(H,14,16)/t12-/m0/s1. The van der Waals surface area contributed by atoms with Crippen molar-refractivity contribution in [3.63, 3.8) is 0 Å². The van der Waals surface area contributed by atoms with Crippen LogP contribution >= 0.6 is 0 Å². The van der Waals surface area contributed by atoms with E-state index in [0.717, 1.165) is 32.5 Å². The summed E-state index contributed by atoms with van der Waals surface area (Å²) < 4.78 is 0. The van der Waals surface area contributed by atoms with Gasteiger partial charge in [0, 0.05) is 19.6 Å². The quantitative estimate of drug-likeness (QED) is 0.718. The number of amides is 2. The van der Waals surface area contributed by atoms with Crippen LogP contribution in [0.3, 0.4) is 0 Å². The molecule has 0 spiro atoms. The Balaban J connectivity index is 2.09. The van der Waals surface area contributed by atoms with E-state index >= 15 is 0 Å². The molecule has 1 aliphatic rings. The van der Waals surface area contributed by atoms with Gasteiger partial charge in [0.1, 0.15) is 0 Å². The lowest BCUT2D eigenvalue weighted by Crippen LogP contribution is -2.45. The Morgan fingerprint density at radius 2 is 2.19 bits per heavy atom. The van der Waals surface area contributed by atoms with Crippen molar-refractivity contribution in [1.82, 2.24) is 10.2 Å². The molecule has 0 aromatic heterocycles. The Morgan fingerprint density at radius 3 is 2.88 bits per heavy atom. The van der Waals surface area contributed by atoms with E-state index in [9.17, 15) is 4.79 Å². The van der Waals surface area contributed by atoms with Gasteiger partial charge in [-0.05, 0) is 25.2 Å². The predicted molar refractivity (Wildman–Crippen MR) is 67.5 cm³/mol. The van der Waals surface area contributed by atoms with Crippen molar-refractivity contribution >= 4 is 6.03 Å². The molecule has 1 fully saturated rings. The Hall–Kier alpha value is -0.730. The van der Waals surface area contributed by atoms with Crippen LogP contribution in [-0.2, 0) is 0 Å². The number of likely N-dealkylation sites (tertiary alicyclic amines) is 1. The number of rotatable bonds is 5. The molecule has 0 aromatic rings.